The Morgan fingerprint density at radius 2 is 1.88 bits per heavy atom. The number of halogens is 3. The first-order valence-corrected chi connectivity index (χ1v) is 15.6. The summed E-state index contributed by atoms with van der Waals surface area (Å²) >= 11 is 1.14. The van der Waals surface area contributed by atoms with Crippen molar-refractivity contribution in [2.45, 2.75) is 30.6 Å². The van der Waals surface area contributed by atoms with E-state index in [1.54, 1.807) is 28.9 Å². The standard InChI is InChI=1S/C31H25F3N4O3S2/c1-35-43(41)28-10-7-18(12-25(28)34)11-23-27(13-17-5-6-17)38(31-36-26(16-42-31)30(39)40)37-29(23)20-8-9-24(33)22(15-20)19-3-2-4-21(32)14-19/h2-4,7-10,12,14-17H,5-6,11,13H2,1H3,(H,35,41)(H,39,40)/p+1. The van der Waals surface area contributed by atoms with Crippen molar-refractivity contribution in [3.63, 3.8) is 0 Å². The van der Waals surface area contributed by atoms with Crippen LogP contribution in [0.5, 0.6) is 0 Å². The summed E-state index contributed by atoms with van der Waals surface area (Å²) in [5.41, 5.74) is 3.64. The fraction of sp³-hybridized carbons (Fsp3) is 0.194. The maximum absolute atomic E-state index is 15.1. The molecule has 1 fully saturated rings. The number of benzene rings is 3. The highest BCUT2D eigenvalue weighted by Crippen LogP contribution is 2.39. The molecule has 2 N–H and O–H groups in total. The molecule has 1 saturated carbocycles. The van der Waals surface area contributed by atoms with E-state index in [-0.39, 0.29) is 22.6 Å². The molecule has 7 nitrogen and oxygen atoms in total. The van der Waals surface area contributed by atoms with Gasteiger partial charge in [0, 0.05) is 35.5 Å². The quantitative estimate of drug-likeness (QED) is 0.137. The van der Waals surface area contributed by atoms with E-state index < -0.39 is 34.4 Å². The Bertz CT molecular complexity index is 1880. The molecule has 0 radical (unpaired) electrons. The van der Waals surface area contributed by atoms with Crippen LogP contribution in [-0.2, 0) is 28.0 Å². The molecule has 0 aliphatic heterocycles. The molecule has 6 rings (SSSR count). The molecule has 0 amide bonds. The van der Waals surface area contributed by atoms with Crippen LogP contribution in [0.4, 0.5) is 13.2 Å². The first kappa shape index (κ1) is 29.0. The molecule has 0 spiro atoms. The molecular formula is C31H26F3N4O3S2+. The van der Waals surface area contributed by atoms with Crippen LogP contribution in [0, 0.1) is 23.4 Å². The summed E-state index contributed by atoms with van der Waals surface area (Å²) in [6, 6.07) is 14.7. The molecule has 1 aliphatic rings. The minimum atomic E-state index is -2.09. The molecule has 0 bridgehead atoms. The van der Waals surface area contributed by atoms with Gasteiger partial charge in [0.05, 0.1) is 11.4 Å². The number of nitrogens with zero attached hydrogens (tertiary/aromatic N) is 3. The molecule has 2 aromatic heterocycles. The first-order valence-electron chi connectivity index (χ1n) is 13.5. The van der Waals surface area contributed by atoms with Crippen LogP contribution < -0.4 is 4.72 Å². The Morgan fingerprint density at radius 1 is 1.07 bits per heavy atom. The van der Waals surface area contributed by atoms with Crippen molar-refractivity contribution >= 4 is 28.3 Å². The molecular weight excluding hydrogens is 597 g/mol. The summed E-state index contributed by atoms with van der Waals surface area (Å²) in [7, 11) is -0.595. The van der Waals surface area contributed by atoms with Crippen LogP contribution >= 0.6 is 11.3 Å². The molecule has 5 aromatic rings. The highest BCUT2D eigenvalue weighted by atomic mass is 32.2. The number of aromatic carboxylic acids is 1. The van der Waals surface area contributed by atoms with Gasteiger partial charge in [0.15, 0.2) is 22.5 Å². The molecule has 1 unspecified atom stereocenters. The molecule has 3 aromatic carbocycles. The summed E-state index contributed by atoms with van der Waals surface area (Å²) in [5.74, 6) is -2.39. The molecule has 2 heterocycles. The smallest absolute Gasteiger partial charge is 0.355 e. The molecule has 1 aliphatic carbocycles. The zero-order chi connectivity index (χ0) is 30.2. The van der Waals surface area contributed by atoms with Gasteiger partial charge in [-0.2, -0.15) is 5.10 Å². The van der Waals surface area contributed by atoms with Gasteiger partial charge in [-0.1, -0.05) is 22.4 Å². The van der Waals surface area contributed by atoms with Crippen molar-refractivity contribution in [2.75, 3.05) is 7.05 Å². The second-order valence-corrected chi connectivity index (χ2v) is 12.7. The maximum Gasteiger partial charge on any atom is 0.355 e. The van der Waals surface area contributed by atoms with Crippen molar-refractivity contribution in [1.29, 1.82) is 0 Å². The molecule has 43 heavy (non-hydrogen) atoms. The second kappa shape index (κ2) is 11.9. The molecule has 220 valence electrons. The summed E-state index contributed by atoms with van der Waals surface area (Å²) in [4.78, 5) is 16.0. The Balaban J connectivity index is 1.53. The number of carboxylic acids is 1. The summed E-state index contributed by atoms with van der Waals surface area (Å²) in [6.45, 7) is 0. The lowest BCUT2D eigenvalue weighted by molar-refractivity contribution is 0.0691. The number of carboxylic acid groups (broad SMARTS) is 1. The van der Waals surface area contributed by atoms with E-state index in [2.05, 4.69) is 9.71 Å². The van der Waals surface area contributed by atoms with E-state index in [0.29, 0.717) is 39.9 Å². The van der Waals surface area contributed by atoms with Crippen molar-refractivity contribution in [1.82, 2.24) is 19.5 Å². The summed E-state index contributed by atoms with van der Waals surface area (Å²) < 4.78 is 60.5. The third-order valence-electron chi connectivity index (χ3n) is 7.35. The van der Waals surface area contributed by atoms with E-state index in [0.717, 1.165) is 35.4 Å². The Hall–Kier alpha value is -4.13. The average Bonchev–Trinajstić information content (AvgIpc) is 3.55. The lowest BCUT2D eigenvalue weighted by Gasteiger charge is -2.10. The number of hydrogen-bond donors (Lipinski definition) is 2. The first-order chi connectivity index (χ1) is 20.7. The SMILES string of the molecule is CN[SH+](=O)c1ccc(Cc2c(-c3ccc(F)c(-c4cccc(F)c4)c3)nn(-c3nc(C(=O)O)cs3)c2CC2CC2)cc1F. The highest BCUT2D eigenvalue weighted by molar-refractivity contribution is 7.83. The average molecular weight is 624 g/mol. The third-order valence-corrected chi connectivity index (χ3v) is 9.37. The van der Waals surface area contributed by atoms with E-state index in [1.807, 2.05) is 0 Å². The van der Waals surface area contributed by atoms with Gasteiger partial charge in [-0.25, -0.2) is 27.6 Å². The van der Waals surface area contributed by atoms with Crippen LogP contribution in [0.15, 0.2) is 70.9 Å². The summed E-state index contributed by atoms with van der Waals surface area (Å²) in [5, 5.41) is 16.2. The predicted molar refractivity (Wildman–Crippen MR) is 159 cm³/mol. The highest BCUT2D eigenvalue weighted by Gasteiger charge is 2.30. The van der Waals surface area contributed by atoms with Gasteiger partial charge < -0.3 is 5.11 Å². The van der Waals surface area contributed by atoms with Crippen LogP contribution in [-0.4, -0.2) is 32.9 Å². The fourth-order valence-corrected chi connectivity index (χ4v) is 6.51. The van der Waals surface area contributed by atoms with Crippen molar-refractivity contribution in [3.05, 3.63) is 106 Å². The Kier molecular flexibility index (Phi) is 7.99. The van der Waals surface area contributed by atoms with Crippen LogP contribution in [0.1, 0.15) is 40.2 Å². The van der Waals surface area contributed by atoms with E-state index in [1.165, 1.54) is 48.8 Å². The normalized spacial score (nSPS) is 13.8. The Labute approximate surface area is 251 Å². The van der Waals surface area contributed by atoms with Crippen LogP contribution in [0.2, 0.25) is 0 Å². The zero-order valence-electron chi connectivity index (χ0n) is 22.9. The molecule has 1 atom stereocenters. The van der Waals surface area contributed by atoms with E-state index in [9.17, 15) is 18.5 Å². The lowest BCUT2D eigenvalue weighted by atomic mass is 9.95. The minimum Gasteiger partial charge on any atom is -0.476 e. The number of rotatable bonds is 10. The third kappa shape index (κ3) is 6.03. The van der Waals surface area contributed by atoms with Gasteiger partial charge in [-0.05, 0) is 78.8 Å². The van der Waals surface area contributed by atoms with Gasteiger partial charge >= 0.3 is 5.97 Å². The molecule has 12 heteroatoms. The zero-order valence-corrected chi connectivity index (χ0v) is 24.6. The van der Waals surface area contributed by atoms with E-state index in [4.69, 9.17) is 5.10 Å². The van der Waals surface area contributed by atoms with Gasteiger partial charge in [-0.3, -0.25) is 0 Å². The number of thiol groups is 1. The predicted octanol–water partition coefficient (Wildman–Crippen LogP) is 6.51. The second-order valence-electron chi connectivity index (χ2n) is 10.3. The van der Waals surface area contributed by atoms with Crippen LogP contribution in [0.3, 0.4) is 0 Å². The monoisotopic (exact) mass is 623 g/mol. The van der Waals surface area contributed by atoms with Gasteiger partial charge in [0.25, 0.3) is 0 Å². The summed E-state index contributed by atoms with van der Waals surface area (Å²) in [6.07, 6.45) is 2.93. The van der Waals surface area contributed by atoms with Crippen molar-refractivity contribution in [3.8, 4) is 27.5 Å². The lowest BCUT2D eigenvalue weighted by Crippen LogP contribution is -2.11. The topological polar surface area (TPSA) is 97.1 Å². The number of nitrogens with one attached hydrogen (secondary N) is 1. The van der Waals surface area contributed by atoms with Crippen molar-refractivity contribution < 1.29 is 27.3 Å². The van der Waals surface area contributed by atoms with Crippen molar-refractivity contribution in [2.24, 2.45) is 5.92 Å². The number of aromatic nitrogens is 3. The number of carbonyl (C=O) groups is 1. The van der Waals surface area contributed by atoms with Crippen LogP contribution in [0.25, 0.3) is 27.5 Å². The maximum atomic E-state index is 15.1. The number of thiazole rings is 1. The van der Waals surface area contributed by atoms with Gasteiger partial charge in [0.1, 0.15) is 11.6 Å². The Morgan fingerprint density at radius 3 is 2.56 bits per heavy atom. The number of hydrogen-bond acceptors (Lipinski definition) is 5. The fourth-order valence-electron chi connectivity index (χ4n) is 5.03. The van der Waals surface area contributed by atoms with E-state index >= 15 is 8.78 Å². The van der Waals surface area contributed by atoms with Gasteiger partial charge in [-0.15, -0.1) is 16.1 Å². The minimum absolute atomic E-state index is 0.0672. The molecule has 0 saturated heterocycles. The largest absolute Gasteiger partial charge is 0.476 e. The van der Waals surface area contributed by atoms with Gasteiger partial charge in [0.2, 0.25) is 10.0 Å².